The monoisotopic (exact) mass is 290 g/mol. The molecule has 118 valence electrons. The first-order chi connectivity index (χ1) is 9.91. The summed E-state index contributed by atoms with van der Waals surface area (Å²) in [4.78, 5) is 0. The average molecular weight is 290 g/mol. The van der Waals surface area contributed by atoms with Gasteiger partial charge in [-0.25, -0.2) is 0 Å². The molecular weight excluding hydrogens is 260 g/mol. The highest BCUT2D eigenvalue weighted by Gasteiger charge is 2.59. The maximum atomic E-state index is 11.3. The van der Waals surface area contributed by atoms with Gasteiger partial charge in [0.2, 0.25) is 0 Å². The zero-order valence-electron chi connectivity index (χ0n) is 13.5. The molecule has 0 aromatic heterocycles. The van der Waals surface area contributed by atoms with Crippen molar-refractivity contribution in [1.29, 1.82) is 0 Å². The van der Waals surface area contributed by atoms with E-state index in [4.69, 9.17) is 0 Å². The van der Waals surface area contributed by atoms with Crippen LogP contribution >= 0.6 is 0 Å². The van der Waals surface area contributed by atoms with E-state index >= 15 is 0 Å². The zero-order valence-corrected chi connectivity index (χ0v) is 13.5. The van der Waals surface area contributed by atoms with Gasteiger partial charge in [0.1, 0.15) is 0 Å². The second kappa shape index (κ2) is 4.58. The fraction of sp³-hybridized carbons (Fsp3) is 0.895. The number of hydrogen-bond acceptors (Lipinski definition) is 2. The van der Waals surface area contributed by atoms with Crippen LogP contribution in [-0.2, 0) is 0 Å². The quantitative estimate of drug-likeness (QED) is 0.670. The smallest absolute Gasteiger partial charge is 0.0708 e. The van der Waals surface area contributed by atoms with E-state index in [2.05, 4.69) is 26.0 Å². The average Bonchev–Trinajstić information content (AvgIpc) is 2.83. The van der Waals surface area contributed by atoms with E-state index in [0.717, 1.165) is 30.6 Å². The van der Waals surface area contributed by atoms with Gasteiger partial charge in [0.15, 0.2) is 0 Å². The lowest BCUT2D eigenvalue weighted by atomic mass is 9.46. The largest absolute Gasteiger partial charge is 0.393 e. The molecule has 0 aromatic carbocycles. The third-order valence-corrected chi connectivity index (χ3v) is 7.39. The van der Waals surface area contributed by atoms with Crippen molar-refractivity contribution in [2.24, 2.45) is 35.0 Å². The van der Waals surface area contributed by atoms with E-state index in [-0.39, 0.29) is 11.5 Å². The van der Waals surface area contributed by atoms with Crippen LogP contribution in [0.3, 0.4) is 0 Å². The summed E-state index contributed by atoms with van der Waals surface area (Å²) in [6, 6.07) is 0. The minimum atomic E-state index is -0.610. The van der Waals surface area contributed by atoms with Gasteiger partial charge < -0.3 is 10.2 Å². The summed E-state index contributed by atoms with van der Waals surface area (Å²) in [5.74, 6) is 3.52. The van der Waals surface area contributed by atoms with Gasteiger partial charge in [-0.2, -0.15) is 0 Å². The Labute approximate surface area is 128 Å². The normalized spacial score (nSPS) is 54.7. The Bertz CT molecular complexity index is 454. The topological polar surface area (TPSA) is 40.5 Å². The number of rotatable bonds is 0. The molecule has 7 atom stereocenters. The maximum Gasteiger partial charge on any atom is 0.0708 e. The molecule has 7 unspecified atom stereocenters. The van der Waals surface area contributed by atoms with Crippen LogP contribution in [0.2, 0.25) is 0 Å². The highest BCUT2D eigenvalue weighted by atomic mass is 16.3. The fourth-order valence-corrected chi connectivity index (χ4v) is 7.01. The molecule has 2 nitrogen and oxygen atoms in total. The molecule has 0 amide bonds. The minimum Gasteiger partial charge on any atom is -0.393 e. The van der Waals surface area contributed by atoms with Crippen LogP contribution in [0.15, 0.2) is 12.2 Å². The van der Waals surface area contributed by atoms with Crippen molar-refractivity contribution in [3.63, 3.8) is 0 Å². The van der Waals surface area contributed by atoms with Gasteiger partial charge in [-0.3, -0.25) is 0 Å². The minimum absolute atomic E-state index is 0.0641. The zero-order chi connectivity index (χ0) is 14.8. The Balaban J connectivity index is 1.67. The first-order valence-electron chi connectivity index (χ1n) is 8.98. The summed E-state index contributed by atoms with van der Waals surface area (Å²) in [5.41, 5.74) is -0.546. The summed E-state index contributed by atoms with van der Waals surface area (Å²) in [6.45, 7) is 4.57. The van der Waals surface area contributed by atoms with Crippen molar-refractivity contribution in [2.45, 2.75) is 70.5 Å². The van der Waals surface area contributed by atoms with Crippen molar-refractivity contribution < 1.29 is 10.2 Å². The van der Waals surface area contributed by atoms with Gasteiger partial charge >= 0.3 is 0 Å². The van der Waals surface area contributed by atoms with E-state index in [1.165, 1.54) is 25.7 Å². The third-order valence-electron chi connectivity index (χ3n) is 7.39. The summed E-state index contributed by atoms with van der Waals surface area (Å²) < 4.78 is 0. The van der Waals surface area contributed by atoms with Crippen LogP contribution in [0.5, 0.6) is 0 Å². The van der Waals surface area contributed by atoms with E-state index < -0.39 is 5.60 Å². The highest BCUT2D eigenvalue weighted by Crippen LogP contribution is 2.62. The van der Waals surface area contributed by atoms with E-state index in [0.29, 0.717) is 18.3 Å². The molecule has 2 heteroatoms. The van der Waals surface area contributed by atoms with Crippen LogP contribution in [0.4, 0.5) is 0 Å². The SMILES string of the molecule is CC1(C)CC(O)CC2(O)CCC3C4CC=CC4CCC3C12. The number of aliphatic hydroxyl groups excluding tert-OH is 1. The number of aliphatic hydroxyl groups is 2. The van der Waals surface area contributed by atoms with Gasteiger partial charge in [0.05, 0.1) is 11.7 Å². The highest BCUT2D eigenvalue weighted by molar-refractivity contribution is 5.13. The fourth-order valence-electron chi connectivity index (χ4n) is 7.01. The molecule has 3 saturated carbocycles. The lowest BCUT2D eigenvalue weighted by Crippen LogP contribution is -2.61. The number of hydrogen-bond donors (Lipinski definition) is 2. The Morgan fingerprint density at radius 2 is 1.81 bits per heavy atom. The van der Waals surface area contributed by atoms with Crippen LogP contribution < -0.4 is 0 Å². The first-order valence-corrected chi connectivity index (χ1v) is 8.98. The van der Waals surface area contributed by atoms with Crippen molar-refractivity contribution in [2.75, 3.05) is 0 Å². The second-order valence-electron chi connectivity index (χ2n) is 9.07. The Kier molecular flexibility index (Phi) is 3.11. The molecule has 0 saturated heterocycles. The molecular formula is C19H30O2. The molecule has 2 N–H and O–H groups in total. The molecule has 4 aliphatic carbocycles. The number of allylic oxidation sites excluding steroid dienone is 2. The predicted octanol–water partition coefficient (Wildman–Crippen LogP) is 3.53. The van der Waals surface area contributed by atoms with Crippen molar-refractivity contribution in [3.8, 4) is 0 Å². The van der Waals surface area contributed by atoms with Crippen LogP contribution in [0.1, 0.15) is 58.8 Å². The Morgan fingerprint density at radius 1 is 1.00 bits per heavy atom. The molecule has 21 heavy (non-hydrogen) atoms. The molecule has 0 heterocycles. The summed E-state index contributed by atoms with van der Waals surface area (Å²) in [5, 5.41) is 21.5. The van der Waals surface area contributed by atoms with Gasteiger partial charge in [0.25, 0.3) is 0 Å². The molecule has 4 aliphatic rings. The van der Waals surface area contributed by atoms with Crippen LogP contribution in [-0.4, -0.2) is 21.9 Å². The first kappa shape index (κ1) is 14.3. The van der Waals surface area contributed by atoms with E-state index in [9.17, 15) is 10.2 Å². The number of fused-ring (bicyclic) bond motifs is 5. The molecule has 0 bridgehead atoms. The Morgan fingerprint density at radius 3 is 2.62 bits per heavy atom. The predicted molar refractivity (Wildman–Crippen MR) is 83.6 cm³/mol. The summed E-state index contributed by atoms with van der Waals surface area (Å²) in [6.07, 6.45) is 11.9. The lowest BCUT2D eigenvalue weighted by molar-refractivity contribution is -0.203. The molecule has 0 spiro atoms. The van der Waals surface area contributed by atoms with Gasteiger partial charge in [-0.15, -0.1) is 0 Å². The molecule has 4 rings (SSSR count). The van der Waals surface area contributed by atoms with Crippen LogP contribution in [0.25, 0.3) is 0 Å². The molecule has 0 aromatic rings. The lowest BCUT2D eigenvalue weighted by Gasteiger charge is -2.61. The van der Waals surface area contributed by atoms with Crippen molar-refractivity contribution >= 4 is 0 Å². The molecule has 0 aliphatic heterocycles. The third kappa shape index (κ3) is 2.05. The maximum absolute atomic E-state index is 11.3. The summed E-state index contributed by atoms with van der Waals surface area (Å²) >= 11 is 0. The molecule has 3 fully saturated rings. The Hall–Kier alpha value is -0.340. The van der Waals surface area contributed by atoms with E-state index in [1.807, 2.05) is 0 Å². The van der Waals surface area contributed by atoms with Gasteiger partial charge in [-0.05, 0) is 73.5 Å². The van der Waals surface area contributed by atoms with Gasteiger partial charge in [0, 0.05) is 6.42 Å². The van der Waals surface area contributed by atoms with Crippen LogP contribution in [0, 0.1) is 35.0 Å². The second-order valence-corrected chi connectivity index (χ2v) is 9.07. The van der Waals surface area contributed by atoms with E-state index in [1.54, 1.807) is 0 Å². The van der Waals surface area contributed by atoms with Crippen molar-refractivity contribution in [1.82, 2.24) is 0 Å². The van der Waals surface area contributed by atoms with Crippen molar-refractivity contribution in [3.05, 3.63) is 12.2 Å². The molecule has 0 radical (unpaired) electrons. The standard InChI is InChI=1S/C19H30O2/c1-18(2)10-13(20)11-19(21)9-8-15-14-5-3-4-12(14)6-7-16(15)17(18)19/h3-4,12-17,20-21H,5-11H2,1-2H3. The summed E-state index contributed by atoms with van der Waals surface area (Å²) in [7, 11) is 0. The van der Waals surface area contributed by atoms with Gasteiger partial charge in [-0.1, -0.05) is 26.0 Å².